The molecule has 0 amide bonds. The lowest BCUT2D eigenvalue weighted by molar-refractivity contribution is -0.139. The minimum atomic E-state index is -0.658. The lowest BCUT2D eigenvalue weighted by Crippen LogP contribution is -2.28. The van der Waals surface area contributed by atoms with Crippen molar-refractivity contribution >= 4 is 35.8 Å². The molecule has 12 nitrogen and oxygen atoms in total. The van der Waals surface area contributed by atoms with Gasteiger partial charge >= 0.3 is 35.8 Å². The van der Waals surface area contributed by atoms with Gasteiger partial charge in [0.15, 0.2) is 0 Å². The Morgan fingerprint density at radius 3 is 0.578 bits per heavy atom. The highest BCUT2D eigenvalue weighted by Gasteiger charge is 2.62. The van der Waals surface area contributed by atoms with Crippen molar-refractivity contribution < 1.29 is 57.2 Å². The van der Waals surface area contributed by atoms with Gasteiger partial charge in [-0.3, -0.25) is 0 Å². The van der Waals surface area contributed by atoms with E-state index in [0.717, 1.165) is 33.4 Å². The van der Waals surface area contributed by atoms with E-state index < -0.39 is 71.3 Å². The van der Waals surface area contributed by atoms with Gasteiger partial charge in [0.2, 0.25) is 0 Å². The van der Waals surface area contributed by atoms with Crippen LogP contribution in [0.25, 0.3) is 0 Å². The van der Waals surface area contributed by atoms with E-state index in [1.54, 1.807) is 0 Å². The van der Waals surface area contributed by atoms with Gasteiger partial charge in [-0.1, -0.05) is 0 Å². The van der Waals surface area contributed by atoms with Crippen molar-refractivity contribution in [2.45, 2.75) is 54.8 Å². The van der Waals surface area contributed by atoms with Crippen molar-refractivity contribution in [2.24, 2.45) is 0 Å². The van der Waals surface area contributed by atoms with E-state index in [2.05, 4.69) is 0 Å². The lowest BCUT2D eigenvalue weighted by atomic mass is 9.69. The first-order chi connectivity index (χ1) is 21.6. The fourth-order valence-electron chi connectivity index (χ4n) is 9.41. The molecule has 6 aliphatic rings. The molecule has 6 atom stereocenters. The number of carbonyl (C=O) groups excluding carboxylic acids is 6. The number of ether oxygens (including phenoxy) is 6. The van der Waals surface area contributed by atoms with E-state index in [9.17, 15) is 28.8 Å². The van der Waals surface area contributed by atoms with Gasteiger partial charge in [0.1, 0.15) is 0 Å². The topological polar surface area (TPSA) is 158 Å². The average Bonchev–Trinajstić information content (AvgIpc) is 3.91. The Kier molecular flexibility index (Phi) is 6.37. The van der Waals surface area contributed by atoms with Crippen molar-refractivity contribution in [3.05, 3.63) is 66.8 Å². The molecular formula is C33H30O12. The van der Waals surface area contributed by atoms with Gasteiger partial charge in [-0.25, -0.2) is 28.8 Å². The van der Waals surface area contributed by atoms with E-state index in [4.69, 9.17) is 28.4 Å². The monoisotopic (exact) mass is 618 g/mol. The number of esters is 6. The zero-order valence-electron chi connectivity index (χ0n) is 25.5. The molecule has 6 bridgehead atoms. The lowest BCUT2D eigenvalue weighted by Gasteiger charge is -2.34. The first-order valence-electron chi connectivity index (χ1n) is 14.6. The molecule has 0 saturated heterocycles. The van der Waals surface area contributed by atoms with Gasteiger partial charge in [-0.2, -0.15) is 0 Å². The first-order valence-corrected chi connectivity index (χ1v) is 14.6. The molecule has 1 aromatic carbocycles. The molecular weight excluding hydrogens is 588 g/mol. The average molecular weight is 619 g/mol. The summed E-state index contributed by atoms with van der Waals surface area (Å²) < 4.78 is 30.8. The maximum Gasteiger partial charge on any atom is 0.334 e. The normalized spacial score (nSPS) is 27.3. The summed E-state index contributed by atoms with van der Waals surface area (Å²) in [7, 11) is 7.46. The molecule has 0 aliphatic heterocycles. The van der Waals surface area contributed by atoms with Gasteiger partial charge in [-0.15, -0.1) is 0 Å². The quantitative estimate of drug-likeness (QED) is 0.339. The van der Waals surface area contributed by atoms with Crippen molar-refractivity contribution in [1.29, 1.82) is 0 Å². The van der Waals surface area contributed by atoms with Crippen molar-refractivity contribution in [3.63, 3.8) is 0 Å². The maximum absolute atomic E-state index is 13.2. The summed E-state index contributed by atoms with van der Waals surface area (Å²) in [5, 5.41) is 0. The molecule has 0 heterocycles. The number of methoxy groups -OCH3 is 6. The van der Waals surface area contributed by atoms with Gasteiger partial charge in [0, 0.05) is 35.5 Å². The second-order valence-electron chi connectivity index (χ2n) is 11.9. The number of rotatable bonds is 6. The number of hydrogen-bond acceptors (Lipinski definition) is 12. The molecule has 0 aromatic heterocycles. The Hall–Kier alpha value is -4.74. The Bertz CT molecular complexity index is 1440. The fourth-order valence-corrected chi connectivity index (χ4v) is 9.41. The Morgan fingerprint density at radius 1 is 0.333 bits per heavy atom. The molecule has 6 unspecified atom stereocenters. The van der Waals surface area contributed by atoms with Gasteiger partial charge < -0.3 is 28.4 Å². The van der Waals surface area contributed by atoms with Crippen LogP contribution in [0.1, 0.15) is 88.2 Å². The highest BCUT2D eigenvalue weighted by Crippen LogP contribution is 2.72. The largest absolute Gasteiger partial charge is 0.466 e. The predicted molar refractivity (Wildman–Crippen MR) is 150 cm³/mol. The molecule has 1 aromatic rings. The standard InChI is InChI=1S/C33H30O12/c1-40-28(34)22-10-7-11(23(22)29(35)41-2)17-16(10)18-12-8-14(26(32(38)44-5)24(12)30(36)42-3)20(18)21-15-9-13(19(17)21)25(31(37)43-4)27(15)33(39)45-6/h10-15H,7-9H2,1-6H3. The van der Waals surface area contributed by atoms with Crippen molar-refractivity contribution in [3.8, 4) is 0 Å². The third kappa shape index (κ3) is 3.37. The maximum atomic E-state index is 13.2. The summed E-state index contributed by atoms with van der Waals surface area (Å²) in [6.07, 6.45) is 1.14. The SMILES string of the molecule is COC(=O)C1=C(C(=O)OC)C2CC1c1c3c(c4c(c12)C1CC4C(C(=O)OC)=C1C(=O)OC)C1CC3C(C(=O)OC)=C1C(=O)OC. The van der Waals surface area contributed by atoms with Gasteiger partial charge in [0.25, 0.3) is 0 Å². The molecule has 0 spiro atoms. The smallest absolute Gasteiger partial charge is 0.334 e. The second-order valence-corrected chi connectivity index (χ2v) is 11.9. The number of carbonyl (C=O) groups is 6. The molecule has 6 aliphatic carbocycles. The van der Waals surface area contributed by atoms with Crippen LogP contribution in [0, 0.1) is 0 Å². The summed E-state index contributed by atoms with van der Waals surface area (Å²) in [5.74, 6) is -7.31. The fraction of sp³-hybridized carbons (Fsp3) is 0.455. The second kappa shape index (κ2) is 9.88. The van der Waals surface area contributed by atoms with E-state index >= 15 is 0 Å². The number of hydrogen-bond donors (Lipinski definition) is 0. The third-order valence-electron chi connectivity index (χ3n) is 10.6. The van der Waals surface area contributed by atoms with Crippen LogP contribution in [-0.2, 0) is 57.2 Å². The van der Waals surface area contributed by atoms with Crippen molar-refractivity contribution in [2.75, 3.05) is 42.7 Å². The third-order valence-corrected chi connectivity index (χ3v) is 10.6. The van der Waals surface area contributed by atoms with Gasteiger partial charge in [-0.05, 0) is 52.6 Å². The van der Waals surface area contributed by atoms with Crippen molar-refractivity contribution in [1.82, 2.24) is 0 Å². The molecule has 0 N–H and O–H groups in total. The Labute approximate surface area is 257 Å². The molecule has 7 rings (SSSR count). The van der Waals surface area contributed by atoms with E-state index in [1.165, 1.54) is 42.7 Å². The van der Waals surface area contributed by atoms with Crippen LogP contribution in [0.5, 0.6) is 0 Å². The van der Waals surface area contributed by atoms with Crippen LogP contribution in [0.4, 0.5) is 0 Å². The van der Waals surface area contributed by atoms with Crippen LogP contribution >= 0.6 is 0 Å². The first kappa shape index (κ1) is 29.0. The zero-order valence-corrected chi connectivity index (χ0v) is 25.5. The molecule has 234 valence electrons. The predicted octanol–water partition coefficient (Wildman–Crippen LogP) is 2.37. The highest BCUT2D eigenvalue weighted by atomic mass is 16.5. The molecule has 0 fully saturated rings. The van der Waals surface area contributed by atoms with E-state index in [1.807, 2.05) is 0 Å². The Balaban J connectivity index is 1.57. The summed E-state index contributed by atoms with van der Waals surface area (Å²) in [5.41, 5.74) is 5.93. The zero-order chi connectivity index (χ0) is 32.2. The number of benzene rings is 1. The molecule has 0 radical (unpaired) electrons. The molecule has 0 saturated carbocycles. The molecule has 12 heteroatoms. The Morgan fingerprint density at radius 2 is 0.467 bits per heavy atom. The summed E-state index contributed by atoms with van der Waals surface area (Å²) in [6, 6.07) is 0. The van der Waals surface area contributed by atoms with Crippen LogP contribution in [0.2, 0.25) is 0 Å². The van der Waals surface area contributed by atoms with E-state index in [0.29, 0.717) is 19.3 Å². The minimum Gasteiger partial charge on any atom is -0.466 e. The van der Waals surface area contributed by atoms with Gasteiger partial charge in [0.05, 0.1) is 76.1 Å². The van der Waals surface area contributed by atoms with Crippen LogP contribution in [0.3, 0.4) is 0 Å². The summed E-state index contributed by atoms with van der Waals surface area (Å²) >= 11 is 0. The van der Waals surface area contributed by atoms with Crippen LogP contribution in [-0.4, -0.2) is 78.5 Å². The van der Waals surface area contributed by atoms with Crippen LogP contribution in [0.15, 0.2) is 33.4 Å². The van der Waals surface area contributed by atoms with Crippen LogP contribution < -0.4 is 0 Å². The summed E-state index contributed by atoms with van der Waals surface area (Å²) in [4.78, 5) is 79.5. The highest BCUT2D eigenvalue weighted by molar-refractivity contribution is 6.09. The molecule has 45 heavy (non-hydrogen) atoms. The summed E-state index contributed by atoms with van der Waals surface area (Å²) in [6.45, 7) is 0. The minimum absolute atomic E-state index is 0.200. The number of fused-ring (bicyclic) bond motifs is 18. The van der Waals surface area contributed by atoms with E-state index in [-0.39, 0.29) is 33.4 Å².